The van der Waals surface area contributed by atoms with Gasteiger partial charge in [0, 0.05) is 11.7 Å². The van der Waals surface area contributed by atoms with E-state index in [0.717, 1.165) is 11.5 Å². The Hall–Kier alpha value is -1.88. The maximum Gasteiger partial charge on any atom is 0.170 e. The lowest BCUT2D eigenvalue weighted by atomic mass is 10.1. The SMILES string of the molecule is CC(C)(C)NC(=S)N(Cc1ccccn1)Cc1ccco1. The molecule has 2 rings (SSSR count). The van der Waals surface area contributed by atoms with Gasteiger partial charge in [0.2, 0.25) is 0 Å². The van der Waals surface area contributed by atoms with E-state index in [1.807, 2.05) is 30.3 Å². The first-order valence-corrected chi connectivity index (χ1v) is 7.34. The van der Waals surface area contributed by atoms with Gasteiger partial charge in [-0.05, 0) is 57.3 Å². The van der Waals surface area contributed by atoms with E-state index in [9.17, 15) is 0 Å². The molecule has 0 bridgehead atoms. The van der Waals surface area contributed by atoms with E-state index >= 15 is 0 Å². The van der Waals surface area contributed by atoms with Gasteiger partial charge in [0.1, 0.15) is 5.76 Å². The van der Waals surface area contributed by atoms with Crippen LogP contribution in [0.1, 0.15) is 32.2 Å². The van der Waals surface area contributed by atoms with Gasteiger partial charge in [0.25, 0.3) is 0 Å². The topological polar surface area (TPSA) is 41.3 Å². The summed E-state index contributed by atoms with van der Waals surface area (Å²) in [5.41, 5.74) is 0.893. The highest BCUT2D eigenvalue weighted by Crippen LogP contribution is 2.11. The molecule has 0 fully saturated rings. The maximum atomic E-state index is 5.54. The molecule has 0 aliphatic rings. The fourth-order valence-electron chi connectivity index (χ4n) is 1.88. The molecule has 0 atom stereocenters. The third kappa shape index (κ3) is 5.19. The minimum absolute atomic E-state index is 0.0807. The van der Waals surface area contributed by atoms with Crippen molar-refractivity contribution < 1.29 is 4.42 Å². The van der Waals surface area contributed by atoms with Crippen LogP contribution >= 0.6 is 12.2 Å². The van der Waals surface area contributed by atoms with Gasteiger partial charge in [-0.1, -0.05) is 6.07 Å². The second kappa shape index (κ2) is 6.72. The Balaban J connectivity index is 2.11. The second-order valence-corrected chi connectivity index (χ2v) is 6.32. The highest BCUT2D eigenvalue weighted by atomic mass is 32.1. The molecule has 4 nitrogen and oxygen atoms in total. The number of hydrogen-bond donors (Lipinski definition) is 1. The summed E-state index contributed by atoms with van der Waals surface area (Å²) in [5.74, 6) is 0.879. The van der Waals surface area contributed by atoms with Crippen LogP contribution in [0.5, 0.6) is 0 Å². The van der Waals surface area contributed by atoms with Crippen molar-refractivity contribution >= 4 is 17.3 Å². The Morgan fingerprint density at radius 1 is 1.24 bits per heavy atom. The largest absolute Gasteiger partial charge is 0.467 e. The van der Waals surface area contributed by atoms with E-state index in [-0.39, 0.29) is 5.54 Å². The summed E-state index contributed by atoms with van der Waals surface area (Å²) in [6.07, 6.45) is 3.47. The van der Waals surface area contributed by atoms with Gasteiger partial charge in [-0.25, -0.2) is 0 Å². The zero-order chi connectivity index (χ0) is 15.3. The Morgan fingerprint density at radius 2 is 2.05 bits per heavy atom. The van der Waals surface area contributed by atoms with Gasteiger partial charge < -0.3 is 14.6 Å². The number of rotatable bonds is 4. The third-order valence-corrected chi connectivity index (χ3v) is 3.14. The third-order valence-electron chi connectivity index (χ3n) is 2.77. The molecule has 112 valence electrons. The number of nitrogens with zero attached hydrogens (tertiary/aromatic N) is 2. The minimum atomic E-state index is -0.0807. The summed E-state index contributed by atoms with van der Waals surface area (Å²) in [7, 11) is 0. The molecular formula is C16H21N3OS. The van der Waals surface area contributed by atoms with Crippen LogP contribution in [0.4, 0.5) is 0 Å². The number of pyridine rings is 1. The molecule has 0 aliphatic carbocycles. The summed E-state index contributed by atoms with van der Waals surface area (Å²) in [6.45, 7) is 7.52. The predicted molar refractivity (Wildman–Crippen MR) is 87.7 cm³/mol. The van der Waals surface area contributed by atoms with Gasteiger partial charge in [0.15, 0.2) is 5.11 Å². The van der Waals surface area contributed by atoms with Crippen molar-refractivity contribution in [2.75, 3.05) is 0 Å². The van der Waals surface area contributed by atoms with Crippen LogP contribution in [0.2, 0.25) is 0 Å². The molecule has 0 saturated heterocycles. The van der Waals surface area contributed by atoms with Crippen molar-refractivity contribution in [1.29, 1.82) is 0 Å². The van der Waals surface area contributed by atoms with Crippen LogP contribution in [0.25, 0.3) is 0 Å². The van der Waals surface area contributed by atoms with Crippen LogP contribution in [0.3, 0.4) is 0 Å². The average Bonchev–Trinajstić information content (AvgIpc) is 2.90. The predicted octanol–water partition coefficient (Wildman–Crippen LogP) is 3.35. The summed E-state index contributed by atoms with van der Waals surface area (Å²) >= 11 is 5.54. The number of furan rings is 1. The fraction of sp³-hybridized carbons (Fsp3) is 0.375. The van der Waals surface area contributed by atoms with Crippen molar-refractivity contribution in [3.8, 4) is 0 Å². The van der Waals surface area contributed by atoms with Crippen LogP contribution in [-0.2, 0) is 13.1 Å². The summed E-state index contributed by atoms with van der Waals surface area (Å²) in [6, 6.07) is 9.72. The fourth-order valence-corrected chi connectivity index (χ4v) is 2.31. The van der Waals surface area contributed by atoms with E-state index in [1.54, 1.807) is 12.5 Å². The molecular weight excluding hydrogens is 282 g/mol. The van der Waals surface area contributed by atoms with Crippen molar-refractivity contribution in [2.45, 2.75) is 39.4 Å². The Bertz CT molecular complexity index is 561. The van der Waals surface area contributed by atoms with Crippen LogP contribution < -0.4 is 5.32 Å². The van der Waals surface area contributed by atoms with Gasteiger partial charge in [0.05, 0.1) is 25.0 Å². The first kappa shape index (κ1) is 15.5. The zero-order valence-electron chi connectivity index (χ0n) is 12.7. The lowest BCUT2D eigenvalue weighted by Crippen LogP contribution is -2.47. The molecule has 21 heavy (non-hydrogen) atoms. The summed E-state index contributed by atoms with van der Waals surface area (Å²) in [4.78, 5) is 6.42. The lowest BCUT2D eigenvalue weighted by Gasteiger charge is -2.30. The molecule has 5 heteroatoms. The van der Waals surface area contributed by atoms with Gasteiger partial charge >= 0.3 is 0 Å². The highest BCUT2D eigenvalue weighted by molar-refractivity contribution is 7.80. The molecule has 2 heterocycles. The molecule has 0 unspecified atom stereocenters. The Labute approximate surface area is 131 Å². The average molecular weight is 303 g/mol. The molecule has 0 aliphatic heterocycles. The van der Waals surface area contributed by atoms with Crippen molar-refractivity contribution in [3.05, 3.63) is 54.2 Å². The van der Waals surface area contributed by atoms with Crippen LogP contribution in [-0.4, -0.2) is 20.5 Å². The number of aromatic nitrogens is 1. The molecule has 0 radical (unpaired) electrons. The van der Waals surface area contributed by atoms with Gasteiger partial charge in [-0.3, -0.25) is 4.98 Å². The Kier molecular flexibility index (Phi) is 4.96. The Morgan fingerprint density at radius 3 is 2.62 bits per heavy atom. The molecule has 0 aromatic carbocycles. The van der Waals surface area contributed by atoms with E-state index in [0.29, 0.717) is 18.2 Å². The second-order valence-electron chi connectivity index (χ2n) is 5.94. The maximum absolute atomic E-state index is 5.54. The van der Waals surface area contributed by atoms with Gasteiger partial charge in [-0.2, -0.15) is 0 Å². The normalized spacial score (nSPS) is 11.2. The smallest absolute Gasteiger partial charge is 0.170 e. The quantitative estimate of drug-likeness (QED) is 0.877. The standard InChI is InChI=1S/C16H21N3OS/c1-16(2,3)18-15(21)19(12-14-8-6-10-20-14)11-13-7-4-5-9-17-13/h4-10H,11-12H2,1-3H3,(H,18,21). The van der Waals surface area contributed by atoms with Crippen molar-refractivity contribution in [1.82, 2.24) is 15.2 Å². The first-order chi connectivity index (χ1) is 9.94. The molecule has 0 spiro atoms. The van der Waals surface area contributed by atoms with E-state index < -0.39 is 0 Å². The van der Waals surface area contributed by atoms with E-state index in [1.165, 1.54) is 0 Å². The van der Waals surface area contributed by atoms with E-state index in [4.69, 9.17) is 16.6 Å². The first-order valence-electron chi connectivity index (χ1n) is 6.93. The summed E-state index contributed by atoms with van der Waals surface area (Å²) in [5, 5.41) is 4.04. The number of hydrogen-bond acceptors (Lipinski definition) is 3. The van der Waals surface area contributed by atoms with Crippen molar-refractivity contribution in [3.63, 3.8) is 0 Å². The van der Waals surface area contributed by atoms with Crippen LogP contribution in [0.15, 0.2) is 47.2 Å². The minimum Gasteiger partial charge on any atom is -0.467 e. The van der Waals surface area contributed by atoms with Crippen LogP contribution in [0, 0.1) is 0 Å². The van der Waals surface area contributed by atoms with E-state index in [2.05, 4.69) is 36.0 Å². The molecule has 0 amide bonds. The molecule has 1 N–H and O–H groups in total. The monoisotopic (exact) mass is 303 g/mol. The van der Waals surface area contributed by atoms with Gasteiger partial charge in [-0.15, -0.1) is 0 Å². The highest BCUT2D eigenvalue weighted by Gasteiger charge is 2.18. The summed E-state index contributed by atoms with van der Waals surface area (Å²) < 4.78 is 5.43. The lowest BCUT2D eigenvalue weighted by molar-refractivity contribution is 0.336. The zero-order valence-corrected chi connectivity index (χ0v) is 13.5. The number of thiocarbonyl (C=S) groups is 1. The molecule has 2 aromatic rings. The molecule has 0 saturated carbocycles. The number of nitrogens with one attached hydrogen (secondary N) is 1. The molecule has 2 aromatic heterocycles. The van der Waals surface area contributed by atoms with Crippen molar-refractivity contribution in [2.24, 2.45) is 0 Å².